The van der Waals surface area contributed by atoms with Crippen LogP contribution in [0.5, 0.6) is 11.8 Å². The number of ether oxygens (including phenoxy) is 1. The summed E-state index contributed by atoms with van der Waals surface area (Å²) in [7, 11) is 0. The van der Waals surface area contributed by atoms with Crippen LogP contribution in [0.15, 0.2) is 101 Å². The van der Waals surface area contributed by atoms with Crippen LogP contribution >= 0.6 is 0 Å². The first-order valence-corrected chi connectivity index (χ1v) is 11.9. The standard InChI is InChI=1S/C29H25N3O3/c30-29(16-9-17-29)28(14-6-2-7-15-28)23-24(33)21-13-19-32-27(34-22-12-5-8-18-31-22)26(21)35-25(23)20-10-3-1-4-11-20/h1-8,10-14,18-19H,9,15-17,30H2. The molecule has 0 bridgehead atoms. The Bertz CT molecular complexity index is 1510. The highest BCUT2D eigenvalue weighted by atomic mass is 16.5. The molecular formula is C29H25N3O3. The van der Waals surface area contributed by atoms with Crippen molar-refractivity contribution in [1.82, 2.24) is 9.97 Å². The second-order valence-corrected chi connectivity index (χ2v) is 9.24. The summed E-state index contributed by atoms with van der Waals surface area (Å²) in [6.45, 7) is 0. The van der Waals surface area contributed by atoms with E-state index in [0.29, 0.717) is 29.0 Å². The van der Waals surface area contributed by atoms with Crippen molar-refractivity contribution in [2.45, 2.75) is 36.6 Å². The number of hydrogen-bond donors (Lipinski definition) is 1. The van der Waals surface area contributed by atoms with Gasteiger partial charge in [-0.15, -0.1) is 0 Å². The molecule has 3 aromatic heterocycles. The molecule has 6 rings (SSSR count). The highest BCUT2D eigenvalue weighted by molar-refractivity contribution is 5.85. The SMILES string of the molecule is NC1(C2(c3c(-c4ccccc4)oc4c(Oc5ccccn5)nccc4c3=O)C=CC=CC2)CCC1. The van der Waals surface area contributed by atoms with Gasteiger partial charge in [-0.25, -0.2) is 9.97 Å². The first-order valence-electron chi connectivity index (χ1n) is 11.9. The first kappa shape index (κ1) is 21.5. The molecule has 6 heteroatoms. The summed E-state index contributed by atoms with van der Waals surface area (Å²) >= 11 is 0. The van der Waals surface area contributed by atoms with Crippen molar-refractivity contribution in [3.63, 3.8) is 0 Å². The number of rotatable bonds is 5. The molecule has 6 nitrogen and oxygen atoms in total. The van der Waals surface area contributed by atoms with Crippen LogP contribution in [-0.2, 0) is 5.41 Å². The van der Waals surface area contributed by atoms with Gasteiger partial charge in [0.2, 0.25) is 11.5 Å². The van der Waals surface area contributed by atoms with Gasteiger partial charge in [-0.05, 0) is 37.8 Å². The summed E-state index contributed by atoms with van der Waals surface area (Å²) < 4.78 is 12.5. The van der Waals surface area contributed by atoms with Gasteiger partial charge in [-0.1, -0.05) is 60.7 Å². The monoisotopic (exact) mass is 463 g/mol. The number of pyridine rings is 2. The van der Waals surface area contributed by atoms with Gasteiger partial charge >= 0.3 is 0 Å². The zero-order chi connectivity index (χ0) is 23.9. The summed E-state index contributed by atoms with van der Waals surface area (Å²) in [5.74, 6) is 1.06. The van der Waals surface area contributed by atoms with Crippen LogP contribution in [0.2, 0.25) is 0 Å². The van der Waals surface area contributed by atoms with E-state index >= 15 is 0 Å². The number of nitrogens with zero attached hydrogens (tertiary/aromatic N) is 2. The van der Waals surface area contributed by atoms with Crippen molar-refractivity contribution < 1.29 is 9.15 Å². The Balaban J connectivity index is 1.66. The molecule has 1 aromatic carbocycles. The van der Waals surface area contributed by atoms with E-state index in [1.54, 1.807) is 30.6 Å². The van der Waals surface area contributed by atoms with Crippen molar-refractivity contribution in [3.8, 4) is 23.1 Å². The zero-order valence-electron chi connectivity index (χ0n) is 19.2. The number of fused-ring (bicyclic) bond motifs is 1. The summed E-state index contributed by atoms with van der Waals surface area (Å²) in [4.78, 5) is 22.9. The molecule has 3 heterocycles. The summed E-state index contributed by atoms with van der Waals surface area (Å²) in [6, 6.07) is 16.7. The van der Waals surface area contributed by atoms with Gasteiger partial charge in [0.05, 0.1) is 10.9 Å². The molecule has 174 valence electrons. The van der Waals surface area contributed by atoms with Crippen LogP contribution in [0, 0.1) is 0 Å². The minimum atomic E-state index is -0.675. The Morgan fingerprint density at radius 2 is 1.77 bits per heavy atom. The molecule has 0 aliphatic heterocycles. The molecule has 2 aliphatic carbocycles. The molecule has 2 aliphatic rings. The Hall–Kier alpha value is -4.03. The Morgan fingerprint density at radius 1 is 0.943 bits per heavy atom. The number of aromatic nitrogens is 2. The Kier molecular flexibility index (Phi) is 5.11. The Morgan fingerprint density at radius 3 is 2.46 bits per heavy atom. The molecule has 0 spiro atoms. The fraction of sp³-hybridized carbons (Fsp3) is 0.207. The molecule has 1 unspecified atom stereocenters. The molecule has 1 atom stereocenters. The molecule has 0 amide bonds. The number of hydrogen-bond acceptors (Lipinski definition) is 6. The maximum atomic E-state index is 14.3. The van der Waals surface area contributed by atoms with Crippen molar-refractivity contribution >= 4 is 11.0 Å². The second-order valence-electron chi connectivity index (χ2n) is 9.24. The lowest BCUT2D eigenvalue weighted by Gasteiger charge is -2.53. The van der Waals surface area contributed by atoms with Gasteiger partial charge in [-0.2, -0.15) is 0 Å². The summed E-state index contributed by atoms with van der Waals surface area (Å²) in [5, 5.41) is 0.408. The summed E-state index contributed by atoms with van der Waals surface area (Å²) in [5.41, 5.74) is 7.39. The van der Waals surface area contributed by atoms with E-state index < -0.39 is 11.0 Å². The van der Waals surface area contributed by atoms with Gasteiger partial charge in [0.1, 0.15) is 5.76 Å². The molecule has 1 fully saturated rings. The summed E-state index contributed by atoms with van der Waals surface area (Å²) in [6.07, 6.45) is 14.8. The average molecular weight is 464 g/mol. The lowest BCUT2D eigenvalue weighted by Crippen LogP contribution is -2.63. The largest absolute Gasteiger partial charge is 0.450 e. The van der Waals surface area contributed by atoms with E-state index in [9.17, 15) is 4.79 Å². The number of benzene rings is 1. The van der Waals surface area contributed by atoms with E-state index in [-0.39, 0.29) is 16.9 Å². The van der Waals surface area contributed by atoms with Crippen LogP contribution in [0.25, 0.3) is 22.3 Å². The third-order valence-electron chi connectivity index (χ3n) is 7.30. The average Bonchev–Trinajstić information content (AvgIpc) is 2.89. The molecule has 2 N–H and O–H groups in total. The molecule has 4 aromatic rings. The predicted octanol–water partition coefficient (Wildman–Crippen LogP) is 5.68. The molecule has 0 radical (unpaired) electrons. The van der Waals surface area contributed by atoms with Crippen molar-refractivity contribution in [1.29, 1.82) is 0 Å². The maximum Gasteiger partial charge on any atom is 0.265 e. The lowest BCUT2D eigenvalue weighted by molar-refractivity contribution is 0.148. The fourth-order valence-electron chi connectivity index (χ4n) is 5.30. The number of nitrogens with two attached hydrogens (primary N) is 1. The first-order chi connectivity index (χ1) is 17.1. The maximum absolute atomic E-state index is 14.3. The van der Waals surface area contributed by atoms with Crippen molar-refractivity contribution in [2.75, 3.05) is 0 Å². The van der Waals surface area contributed by atoms with Crippen LogP contribution < -0.4 is 15.9 Å². The van der Waals surface area contributed by atoms with Gasteiger partial charge in [0.25, 0.3) is 5.88 Å². The topological polar surface area (TPSA) is 91.2 Å². The third-order valence-corrected chi connectivity index (χ3v) is 7.30. The quantitative estimate of drug-likeness (QED) is 0.410. The predicted molar refractivity (Wildman–Crippen MR) is 135 cm³/mol. The van der Waals surface area contributed by atoms with Gasteiger partial charge < -0.3 is 14.9 Å². The van der Waals surface area contributed by atoms with Crippen LogP contribution in [-0.4, -0.2) is 15.5 Å². The van der Waals surface area contributed by atoms with E-state index in [2.05, 4.69) is 22.1 Å². The normalized spacial score (nSPS) is 20.5. The lowest BCUT2D eigenvalue weighted by atomic mass is 9.54. The van der Waals surface area contributed by atoms with Crippen LogP contribution in [0.3, 0.4) is 0 Å². The molecule has 0 saturated heterocycles. The van der Waals surface area contributed by atoms with E-state index in [1.807, 2.05) is 48.6 Å². The molecular weight excluding hydrogens is 438 g/mol. The van der Waals surface area contributed by atoms with E-state index in [1.165, 1.54) is 0 Å². The minimum absolute atomic E-state index is 0.116. The van der Waals surface area contributed by atoms with E-state index in [0.717, 1.165) is 24.8 Å². The van der Waals surface area contributed by atoms with Crippen LogP contribution in [0.1, 0.15) is 31.2 Å². The van der Waals surface area contributed by atoms with Crippen molar-refractivity contribution in [2.24, 2.45) is 5.73 Å². The van der Waals surface area contributed by atoms with Crippen molar-refractivity contribution in [3.05, 3.63) is 107 Å². The highest BCUT2D eigenvalue weighted by Crippen LogP contribution is 2.52. The third kappa shape index (κ3) is 3.41. The number of allylic oxidation sites excluding steroid dienone is 3. The molecule has 35 heavy (non-hydrogen) atoms. The minimum Gasteiger partial charge on any atom is -0.450 e. The Labute approximate surface area is 202 Å². The zero-order valence-corrected chi connectivity index (χ0v) is 19.2. The van der Waals surface area contributed by atoms with Gasteiger partial charge in [-0.3, -0.25) is 4.79 Å². The smallest absolute Gasteiger partial charge is 0.265 e. The molecule has 1 saturated carbocycles. The highest BCUT2D eigenvalue weighted by Gasteiger charge is 2.54. The van der Waals surface area contributed by atoms with E-state index in [4.69, 9.17) is 14.9 Å². The van der Waals surface area contributed by atoms with Gasteiger partial charge in [0, 0.05) is 35.0 Å². The second kappa shape index (κ2) is 8.32. The van der Waals surface area contributed by atoms with Gasteiger partial charge in [0.15, 0.2) is 5.43 Å². The van der Waals surface area contributed by atoms with Crippen LogP contribution in [0.4, 0.5) is 0 Å². The fourth-order valence-corrected chi connectivity index (χ4v) is 5.30.